The zero-order valence-corrected chi connectivity index (χ0v) is 19.2. The van der Waals surface area contributed by atoms with Gasteiger partial charge in [0.1, 0.15) is 6.33 Å². The number of aromatic nitrogens is 3. The molecular weight excluding hydrogens is 481 g/mol. The van der Waals surface area contributed by atoms with Crippen LogP contribution in [0.25, 0.3) is 0 Å². The standard InChI is InChI=1S/C18H18FN5O5S3/c1-28-7-2-8-32(26,27)13-5-3-12(4-6-13)16(24-29-10-15-21-11-22-31-15)17(25)23-18-20-9-14(19)30-18/h3-6,9,11H,2,7-8,10H2,1H3,(H,20,23,25). The first-order valence-corrected chi connectivity index (χ1v) is 12.3. The third kappa shape index (κ3) is 6.59. The van der Waals surface area contributed by atoms with Gasteiger partial charge in [0.2, 0.25) is 0 Å². The molecule has 0 bridgehead atoms. The number of ether oxygens (including phenoxy) is 1. The normalized spacial score (nSPS) is 12.0. The Bertz CT molecular complexity index is 1160. The number of methoxy groups -OCH3 is 1. The van der Waals surface area contributed by atoms with Crippen LogP contribution in [0.4, 0.5) is 9.52 Å². The highest BCUT2D eigenvalue weighted by molar-refractivity contribution is 7.91. The molecule has 0 saturated carbocycles. The van der Waals surface area contributed by atoms with Crippen molar-refractivity contribution in [2.45, 2.75) is 17.9 Å². The van der Waals surface area contributed by atoms with Crippen molar-refractivity contribution < 1.29 is 27.2 Å². The number of thiazole rings is 1. The van der Waals surface area contributed by atoms with Gasteiger partial charge in [-0.1, -0.05) is 28.6 Å². The first-order chi connectivity index (χ1) is 15.4. The first-order valence-electron chi connectivity index (χ1n) is 9.09. The van der Waals surface area contributed by atoms with E-state index in [1.807, 2.05) is 0 Å². The third-order valence-corrected chi connectivity index (χ3v) is 7.06. The van der Waals surface area contributed by atoms with Crippen LogP contribution in [-0.2, 0) is 30.8 Å². The molecule has 0 fully saturated rings. The molecule has 0 saturated heterocycles. The van der Waals surface area contributed by atoms with Crippen LogP contribution in [0.15, 0.2) is 46.8 Å². The van der Waals surface area contributed by atoms with Gasteiger partial charge in [-0.25, -0.2) is 18.4 Å². The Balaban J connectivity index is 1.80. The van der Waals surface area contributed by atoms with Gasteiger partial charge in [0.25, 0.3) is 5.91 Å². The molecule has 170 valence electrons. The lowest BCUT2D eigenvalue weighted by Gasteiger charge is -2.08. The fourth-order valence-electron chi connectivity index (χ4n) is 2.44. The van der Waals surface area contributed by atoms with E-state index in [0.29, 0.717) is 34.9 Å². The van der Waals surface area contributed by atoms with Crippen LogP contribution in [0.2, 0.25) is 0 Å². The molecule has 0 radical (unpaired) electrons. The topological polar surface area (TPSA) is 133 Å². The van der Waals surface area contributed by atoms with E-state index in [4.69, 9.17) is 9.57 Å². The Morgan fingerprint density at radius 3 is 2.66 bits per heavy atom. The summed E-state index contributed by atoms with van der Waals surface area (Å²) in [6.45, 7) is 0.316. The Morgan fingerprint density at radius 1 is 1.25 bits per heavy atom. The van der Waals surface area contributed by atoms with Gasteiger partial charge in [-0.05, 0) is 30.1 Å². The smallest absolute Gasteiger partial charge is 0.280 e. The van der Waals surface area contributed by atoms with Crippen LogP contribution in [0.3, 0.4) is 0 Å². The van der Waals surface area contributed by atoms with Crippen molar-refractivity contribution in [2.24, 2.45) is 5.16 Å². The number of hydrogen-bond acceptors (Lipinski definition) is 11. The number of hydrogen-bond donors (Lipinski definition) is 1. The van der Waals surface area contributed by atoms with Crippen LogP contribution in [0.1, 0.15) is 17.0 Å². The predicted molar refractivity (Wildman–Crippen MR) is 117 cm³/mol. The summed E-state index contributed by atoms with van der Waals surface area (Å²) in [4.78, 5) is 25.8. The lowest BCUT2D eigenvalue weighted by atomic mass is 10.1. The van der Waals surface area contributed by atoms with Gasteiger partial charge < -0.3 is 9.57 Å². The molecule has 1 N–H and O–H groups in total. The maximum absolute atomic E-state index is 13.2. The minimum atomic E-state index is -3.50. The molecule has 0 aliphatic rings. The van der Waals surface area contributed by atoms with Crippen molar-refractivity contribution in [3.05, 3.63) is 52.5 Å². The summed E-state index contributed by atoms with van der Waals surface area (Å²) in [5.74, 6) is -0.769. The maximum Gasteiger partial charge on any atom is 0.280 e. The van der Waals surface area contributed by atoms with Gasteiger partial charge in [0, 0.05) is 19.3 Å². The van der Waals surface area contributed by atoms with Gasteiger partial charge in [-0.15, -0.1) is 0 Å². The number of nitrogens with one attached hydrogen (secondary N) is 1. The van der Waals surface area contributed by atoms with Crippen LogP contribution in [0, 0.1) is 5.13 Å². The minimum Gasteiger partial charge on any atom is -0.388 e. The number of halogens is 1. The van der Waals surface area contributed by atoms with Crippen molar-refractivity contribution in [2.75, 3.05) is 24.8 Å². The van der Waals surface area contributed by atoms with Crippen molar-refractivity contribution >= 4 is 49.5 Å². The fraction of sp³-hybridized carbons (Fsp3) is 0.278. The molecule has 32 heavy (non-hydrogen) atoms. The Labute approximate surface area is 191 Å². The van der Waals surface area contributed by atoms with E-state index < -0.39 is 20.9 Å². The second-order valence-electron chi connectivity index (χ2n) is 6.16. The summed E-state index contributed by atoms with van der Waals surface area (Å²) in [6, 6.07) is 5.65. The zero-order chi connectivity index (χ0) is 23.0. The number of rotatable bonds is 11. The summed E-state index contributed by atoms with van der Waals surface area (Å²) >= 11 is 1.77. The number of benzene rings is 1. The van der Waals surface area contributed by atoms with Crippen LogP contribution < -0.4 is 5.32 Å². The number of carbonyl (C=O) groups is 1. The second-order valence-corrected chi connectivity index (χ2v) is 10.1. The molecule has 3 aromatic rings. The summed E-state index contributed by atoms with van der Waals surface area (Å²) in [6.07, 6.45) is 2.70. The summed E-state index contributed by atoms with van der Waals surface area (Å²) < 4.78 is 46.8. The molecular formula is C18H18FN5O5S3. The van der Waals surface area contributed by atoms with Gasteiger partial charge in [-0.2, -0.15) is 8.76 Å². The number of oxime groups is 1. The van der Waals surface area contributed by atoms with Gasteiger partial charge >= 0.3 is 0 Å². The van der Waals surface area contributed by atoms with Crippen LogP contribution in [0.5, 0.6) is 0 Å². The summed E-state index contributed by atoms with van der Waals surface area (Å²) in [5.41, 5.74) is 0.154. The van der Waals surface area contributed by atoms with Crippen molar-refractivity contribution in [1.82, 2.24) is 14.3 Å². The SMILES string of the molecule is COCCCS(=O)(=O)c1ccc(C(=NOCc2ncns2)C(=O)Nc2ncc(F)s2)cc1. The number of carbonyl (C=O) groups excluding carboxylic acids is 1. The number of nitrogens with zero attached hydrogens (tertiary/aromatic N) is 4. The van der Waals surface area contributed by atoms with Crippen LogP contribution in [-0.4, -0.2) is 53.8 Å². The predicted octanol–water partition coefficient (Wildman–Crippen LogP) is 2.50. The van der Waals surface area contributed by atoms with Crippen molar-refractivity contribution in [1.29, 1.82) is 0 Å². The van der Waals surface area contributed by atoms with Gasteiger partial charge in [0.05, 0.1) is 16.8 Å². The van der Waals surface area contributed by atoms with E-state index in [9.17, 15) is 17.6 Å². The average Bonchev–Trinajstić information content (AvgIpc) is 3.43. The Morgan fingerprint density at radius 2 is 2.03 bits per heavy atom. The second kappa shape index (κ2) is 11.2. The molecule has 0 atom stereocenters. The van der Waals surface area contributed by atoms with Gasteiger partial charge in [-0.3, -0.25) is 10.1 Å². The molecule has 0 unspecified atom stereocenters. The van der Waals surface area contributed by atoms with Crippen LogP contribution >= 0.6 is 22.9 Å². The van der Waals surface area contributed by atoms with Gasteiger partial charge in [0.15, 0.2) is 37.4 Å². The molecule has 0 aliphatic carbocycles. The monoisotopic (exact) mass is 499 g/mol. The highest BCUT2D eigenvalue weighted by atomic mass is 32.2. The molecule has 14 heteroatoms. The molecule has 2 heterocycles. The number of anilines is 1. The molecule has 1 aromatic carbocycles. The summed E-state index contributed by atoms with van der Waals surface area (Å²) in [7, 11) is -2.00. The largest absolute Gasteiger partial charge is 0.388 e. The van der Waals surface area contributed by atoms with Crippen molar-refractivity contribution in [3.63, 3.8) is 0 Å². The Kier molecular flexibility index (Phi) is 8.33. The Hall–Kier alpha value is -2.81. The lowest BCUT2D eigenvalue weighted by molar-refractivity contribution is -0.110. The van der Waals surface area contributed by atoms with E-state index in [0.717, 1.165) is 17.7 Å². The third-order valence-electron chi connectivity index (χ3n) is 3.91. The van der Waals surface area contributed by atoms with E-state index in [1.165, 1.54) is 37.7 Å². The highest BCUT2D eigenvalue weighted by Gasteiger charge is 2.20. The average molecular weight is 500 g/mol. The molecule has 2 aromatic heterocycles. The fourth-order valence-corrected chi connectivity index (χ4v) is 4.68. The first kappa shape index (κ1) is 23.8. The lowest BCUT2D eigenvalue weighted by Crippen LogP contribution is -2.24. The molecule has 1 amide bonds. The number of amides is 1. The van der Waals surface area contributed by atoms with E-state index >= 15 is 0 Å². The molecule has 3 rings (SSSR count). The van der Waals surface area contributed by atoms with Crippen molar-refractivity contribution in [3.8, 4) is 0 Å². The summed E-state index contributed by atoms with van der Waals surface area (Å²) in [5, 5.41) is 6.36. The van der Waals surface area contributed by atoms with E-state index in [2.05, 4.69) is 24.8 Å². The highest BCUT2D eigenvalue weighted by Crippen LogP contribution is 2.18. The molecule has 0 spiro atoms. The maximum atomic E-state index is 13.2. The van der Waals surface area contributed by atoms with E-state index in [-0.39, 0.29) is 28.1 Å². The van der Waals surface area contributed by atoms with E-state index in [1.54, 1.807) is 0 Å². The molecule has 0 aliphatic heterocycles. The zero-order valence-electron chi connectivity index (χ0n) is 16.7. The number of sulfone groups is 1. The molecule has 10 nitrogen and oxygen atoms in total. The minimum absolute atomic E-state index is 0.0146. The quantitative estimate of drug-likeness (QED) is 0.242.